The van der Waals surface area contributed by atoms with Crippen molar-refractivity contribution in [3.63, 3.8) is 0 Å². The van der Waals surface area contributed by atoms with Crippen LogP contribution in [0.1, 0.15) is 40.5 Å². The number of hydrogen-bond acceptors (Lipinski definition) is 1. The molecule has 1 aliphatic rings. The molecule has 0 unspecified atom stereocenters. The first kappa shape index (κ1) is 9.05. The summed E-state index contributed by atoms with van der Waals surface area (Å²) in [7, 11) is 0. The van der Waals surface area contributed by atoms with Crippen LogP contribution < -0.4 is 5.32 Å². The minimum absolute atomic E-state index is 0.780. The molecule has 1 saturated heterocycles. The molecule has 1 heteroatoms. The van der Waals surface area contributed by atoms with Gasteiger partial charge >= 0.3 is 0 Å². The largest absolute Gasteiger partial charge is 0.311 e. The third kappa shape index (κ3) is 2.19. The molecule has 2 atom stereocenters. The van der Waals surface area contributed by atoms with Gasteiger partial charge in [0.25, 0.3) is 0 Å². The highest BCUT2D eigenvalue weighted by Crippen LogP contribution is 2.22. The van der Waals surface area contributed by atoms with Crippen molar-refractivity contribution >= 4 is 0 Å². The molecule has 1 heterocycles. The fourth-order valence-electron chi connectivity index (χ4n) is 1.85. The zero-order chi connectivity index (χ0) is 8.43. The van der Waals surface area contributed by atoms with Crippen molar-refractivity contribution in [1.29, 1.82) is 0 Å². The highest BCUT2D eigenvalue weighted by atomic mass is 15.0. The fourth-order valence-corrected chi connectivity index (χ4v) is 1.85. The third-order valence-corrected chi connectivity index (χ3v) is 2.83. The lowest BCUT2D eigenvalue weighted by Gasteiger charge is -2.19. The van der Waals surface area contributed by atoms with Gasteiger partial charge < -0.3 is 5.32 Å². The Hall–Kier alpha value is -0.0400. The van der Waals surface area contributed by atoms with Crippen LogP contribution in [0.2, 0.25) is 0 Å². The highest BCUT2D eigenvalue weighted by molar-refractivity contribution is 4.86. The Morgan fingerprint density at radius 2 is 1.27 bits per heavy atom. The first-order valence-electron chi connectivity index (χ1n) is 4.87. The summed E-state index contributed by atoms with van der Waals surface area (Å²) >= 11 is 0. The summed E-state index contributed by atoms with van der Waals surface area (Å²) in [6, 6.07) is 1.56. The number of rotatable bonds is 2. The van der Waals surface area contributed by atoms with Crippen molar-refractivity contribution in [2.45, 2.75) is 52.6 Å². The number of nitrogens with one attached hydrogen (secondary N) is 1. The molecule has 0 bridgehead atoms. The molecule has 0 radical (unpaired) electrons. The van der Waals surface area contributed by atoms with Gasteiger partial charge in [-0.1, -0.05) is 27.7 Å². The van der Waals surface area contributed by atoms with E-state index in [1.807, 2.05) is 0 Å². The molecule has 1 fully saturated rings. The van der Waals surface area contributed by atoms with Crippen LogP contribution in [0.4, 0.5) is 0 Å². The Morgan fingerprint density at radius 1 is 0.909 bits per heavy atom. The van der Waals surface area contributed by atoms with Gasteiger partial charge in [0, 0.05) is 12.1 Å². The molecule has 1 aliphatic heterocycles. The maximum Gasteiger partial charge on any atom is 0.00933 e. The van der Waals surface area contributed by atoms with Gasteiger partial charge in [0.05, 0.1) is 0 Å². The van der Waals surface area contributed by atoms with Gasteiger partial charge in [0.1, 0.15) is 0 Å². The van der Waals surface area contributed by atoms with Crippen molar-refractivity contribution in [3.05, 3.63) is 0 Å². The van der Waals surface area contributed by atoms with Gasteiger partial charge in [-0.15, -0.1) is 0 Å². The Balaban J connectivity index is 2.35. The molecular formula is C10H21N. The normalized spacial score (nSPS) is 32.2. The standard InChI is InChI=1S/C10H21N/c1-7(2)9-5-6-10(11-9)8(3)4/h7-11H,5-6H2,1-4H3/t9-,10+. The zero-order valence-electron chi connectivity index (χ0n) is 8.22. The van der Waals surface area contributed by atoms with Crippen molar-refractivity contribution in [2.24, 2.45) is 11.8 Å². The summed E-state index contributed by atoms with van der Waals surface area (Å²) < 4.78 is 0. The zero-order valence-corrected chi connectivity index (χ0v) is 8.22. The second-order valence-corrected chi connectivity index (χ2v) is 4.45. The molecular weight excluding hydrogens is 134 g/mol. The van der Waals surface area contributed by atoms with Gasteiger partial charge in [0.2, 0.25) is 0 Å². The maximum absolute atomic E-state index is 3.69. The summed E-state index contributed by atoms with van der Waals surface area (Å²) in [6.45, 7) is 9.22. The lowest BCUT2D eigenvalue weighted by atomic mass is 10.0. The molecule has 1 nitrogen and oxygen atoms in total. The minimum Gasteiger partial charge on any atom is -0.311 e. The average Bonchev–Trinajstić information content (AvgIpc) is 2.33. The summed E-state index contributed by atoms with van der Waals surface area (Å²) in [5.41, 5.74) is 0. The lowest BCUT2D eigenvalue weighted by molar-refractivity contribution is 0.386. The molecule has 66 valence electrons. The monoisotopic (exact) mass is 155 g/mol. The van der Waals surface area contributed by atoms with Gasteiger partial charge in [-0.2, -0.15) is 0 Å². The van der Waals surface area contributed by atoms with Crippen LogP contribution in [0.3, 0.4) is 0 Å². The van der Waals surface area contributed by atoms with Gasteiger partial charge in [-0.05, 0) is 24.7 Å². The predicted octanol–water partition coefficient (Wildman–Crippen LogP) is 2.42. The molecule has 0 aromatic carbocycles. The smallest absolute Gasteiger partial charge is 0.00933 e. The van der Waals surface area contributed by atoms with Crippen LogP contribution in [0.5, 0.6) is 0 Å². The molecule has 0 aliphatic carbocycles. The second kappa shape index (κ2) is 3.57. The highest BCUT2D eigenvalue weighted by Gasteiger charge is 2.27. The van der Waals surface area contributed by atoms with E-state index in [0.29, 0.717) is 0 Å². The summed E-state index contributed by atoms with van der Waals surface area (Å²) in [5, 5.41) is 3.69. The van der Waals surface area contributed by atoms with E-state index < -0.39 is 0 Å². The van der Waals surface area contributed by atoms with E-state index in [1.54, 1.807) is 0 Å². The van der Waals surface area contributed by atoms with E-state index in [4.69, 9.17) is 0 Å². The SMILES string of the molecule is CC(C)[C@@H]1CC[C@H](C(C)C)N1. The summed E-state index contributed by atoms with van der Waals surface area (Å²) in [6.07, 6.45) is 2.75. The van der Waals surface area contributed by atoms with Crippen molar-refractivity contribution < 1.29 is 0 Å². The van der Waals surface area contributed by atoms with Gasteiger partial charge in [-0.25, -0.2) is 0 Å². The lowest BCUT2D eigenvalue weighted by Crippen LogP contribution is -2.35. The summed E-state index contributed by atoms with van der Waals surface area (Å²) in [5.74, 6) is 1.61. The molecule has 0 aromatic rings. The van der Waals surface area contributed by atoms with E-state index in [1.165, 1.54) is 12.8 Å². The molecule has 1 rings (SSSR count). The van der Waals surface area contributed by atoms with Gasteiger partial charge in [0.15, 0.2) is 0 Å². The quantitative estimate of drug-likeness (QED) is 0.645. The van der Waals surface area contributed by atoms with Crippen molar-refractivity contribution in [1.82, 2.24) is 5.32 Å². The number of hydrogen-bond donors (Lipinski definition) is 1. The second-order valence-electron chi connectivity index (χ2n) is 4.45. The predicted molar refractivity (Wildman–Crippen MR) is 49.6 cm³/mol. The van der Waals surface area contributed by atoms with Crippen LogP contribution in [0.25, 0.3) is 0 Å². The molecule has 0 spiro atoms. The Kier molecular flexibility index (Phi) is 2.94. The molecule has 1 N–H and O–H groups in total. The molecule has 0 saturated carbocycles. The van der Waals surface area contributed by atoms with Crippen LogP contribution in [-0.4, -0.2) is 12.1 Å². The topological polar surface area (TPSA) is 12.0 Å². The van der Waals surface area contributed by atoms with E-state index >= 15 is 0 Å². The van der Waals surface area contributed by atoms with Crippen LogP contribution in [0, 0.1) is 11.8 Å². The third-order valence-electron chi connectivity index (χ3n) is 2.83. The first-order chi connectivity index (χ1) is 5.11. The Morgan fingerprint density at radius 3 is 1.45 bits per heavy atom. The van der Waals surface area contributed by atoms with Crippen LogP contribution in [0.15, 0.2) is 0 Å². The van der Waals surface area contributed by atoms with Crippen LogP contribution >= 0.6 is 0 Å². The van der Waals surface area contributed by atoms with Crippen molar-refractivity contribution in [3.8, 4) is 0 Å². The first-order valence-corrected chi connectivity index (χ1v) is 4.87. The average molecular weight is 155 g/mol. The van der Waals surface area contributed by atoms with E-state index in [9.17, 15) is 0 Å². The van der Waals surface area contributed by atoms with Crippen LogP contribution in [-0.2, 0) is 0 Å². The summed E-state index contributed by atoms with van der Waals surface area (Å²) in [4.78, 5) is 0. The van der Waals surface area contributed by atoms with E-state index in [-0.39, 0.29) is 0 Å². The Labute approximate surface area is 70.6 Å². The molecule has 11 heavy (non-hydrogen) atoms. The van der Waals surface area contributed by atoms with E-state index in [2.05, 4.69) is 33.0 Å². The maximum atomic E-state index is 3.69. The van der Waals surface area contributed by atoms with Crippen molar-refractivity contribution in [2.75, 3.05) is 0 Å². The molecule has 0 amide bonds. The van der Waals surface area contributed by atoms with E-state index in [0.717, 1.165) is 23.9 Å². The minimum atomic E-state index is 0.780. The Bertz CT molecular complexity index is 104. The fraction of sp³-hybridized carbons (Fsp3) is 1.00. The van der Waals surface area contributed by atoms with Gasteiger partial charge in [-0.3, -0.25) is 0 Å². The molecule has 0 aromatic heterocycles.